The van der Waals surface area contributed by atoms with Gasteiger partial charge in [0, 0.05) is 31.9 Å². The van der Waals surface area contributed by atoms with Crippen molar-refractivity contribution in [2.45, 2.75) is 73.1 Å². The number of hydrogen-bond donors (Lipinski definition) is 1. The van der Waals surface area contributed by atoms with Crippen LogP contribution in [0.15, 0.2) is 42.7 Å². The van der Waals surface area contributed by atoms with Crippen molar-refractivity contribution in [2.24, 2.45) is 5.41 Å². The van der Waals surface area contributed by atoms with Crippen LogP contribution in [0.5, 0.6) is 0 Å². The number of nitrogens with zero attached hydrogens (tertiary/aromatic N) is 4. The first-order valence-corrected chi connectivity index (χ1v) is 12.7. The number of unbranched alkanes of at least 4 members (excludes halogenated alkanes) is 2. The number of aryl methyl sites for hydroxylation is 1. The van der Waals surface area contributed by atoms with Gasteiger partial charge in [-0.1, -0.05) is 47.0 Å². The van der Waals surface area contributed by atoms with E-state index < -0.39 is 11.6 Å². The SMILES string of the molecule is CCCCCC(C)(C)C.CNC=O.Cc1cnn2ccc(N3CCCC3)nc12.Fc1ccc(F)cc1. The Morgan fingerprint density at radius 2 is 1.58 bits per heavy atom. The number of fused-ring (bicyclic) bond motifs is 1. The van der Waals surface area contributed by atoms with Crippen LogP contribution in [0.1, 0.15) is 71.8 Å². The summed E-state index contributed by atoms with van der Waals surface area (Å²) in [5.41, 5.74) is 2.66. The second kappa shape index (κ2) is 16.6. The number of aromatic nitrogens is 3. The number of halogens is 2. The lowest BCUT2D eigenvalue weighted by Gasteiger charge is -2.16. The minimum absolute atomic E-state index is 0.411. The molecule has 4 rings (SSSR count). The monoisotopic (exact) mass is 503 g/mol. The standard InChI is InChI=1S/C11H14N4.C9H20.C6H4F2.C2H5NO/c1-9-8-12-15-7-4-10(13-11(9)15)14-5-2-3-6-14;1-5-6-7-8-9(2,3)4;7-5-1-2-6(8)4-3-5;1-3-2-4/h4,7-8H,2-3,5-6H2,1H3;5-8H2,1-4H3;1-4H;2H,1H3,(H,3,4). The zero-order valence-electron chi connectivity index (χ0n) is 22.7. The molecular formula is C28H43F2N5O. The van der Waals surface area contributed by atoms with Crippen molar-refractivity contribution in [1.82, 2.24) is 19.9 Å². The maximum atomic E-state index is 11.9. The number of amides is 1. The summed E-state index contributed by atoms with van der Waals surface area (Å²) >= 11 is 0. The Balaban J connectivity index is 0.000000267. The minimum Gasteiger partial charge on any atom is -0.362 e. The zero-order chi connectivity index (χ0) is 27.0. The second-order valence-electron chi connectivity index (χ2n) is 9.94. The van der Waals surface area contributed by atoms with Gasteiger partial charge < -0.3 is 10.2 Å². The Morgan fingerprint density at radius 1 is 1.03 bits per heavy atom. The third kappa shape index (κ3) is 12.6. The van der Waals surface area contributed by atoms with Crippen molar-refractivity contribution >= 4 is 17.9 Å². The van der Waals surface area contributed by atoms with Gasteiger partial charge in [-0.25, -0.2) is 18.3 Å². The molecular weight excluding hydrogens is 460 g/mol. The summed E-state index contributed by atoms with van der Waals surface area (Å²) in [5.74, 6) is 0.265. The van der Waals surface area contributed by atoms with Crippen molar-refractivity contribution in [3.05, 3.63) is 59.9 Å². The number of anilines is 1. The lowest BCUT2D eigenvalue weighted by molar-refractivity contribution is -0.109. The molecule has 3 heterocycles. The van der Waals surface area contributed by atoms with E-state index in [9.17, 15) is 8.78 Å². The molecule has 0 saturated carbocycles. The molecule has 200 valence electrons. The molecule has 1 N–H and O–H groups in total. The van der Waals surface area contributed by atoms with Crippen LogP contribution in [0, 0.1) is 24.0 Å². The van der Waals surface area contributed by atoms with E-state index in [0.29, 0.717) is 11.8 Å². The quantitative estimate of drug-likeness (QED) is 0.316. The lowest BCUT2D eigenvalue weighted by atomic mass is 9.90. The molecule has 1 saturated heterocycles. The highest BCUT2D eigenvalue weighted by molar-refractivity contribution is 5.52. The van der Waals surface area contributed by atoms with Gasteiger partial charge in [-0.05, 0) is 61.9 Å². The number of hydrogen-bond acceptors (Lipinski definition) is 4. The van der Waals surface area contributed by atoms with Gasteiger partial charge in [0.25, 0.3) is 0 Å². The van der Waals surface area contributed by atoms with Crippen molar-refractivity contribution in [3.8, 4) is 0 Å². The largest absolute Gasteiger partial charge is 0.362 e. The Labute approximate surface area is 215 Å². The molecule has 1 aromatic carbocycles. The van der Waals surface area contributed by atoms with Crippen molar-refractivity contribution in [3.63, 3.8) is 0 Å². The summed E-state index contributed by atoms with van der Waals surface area (Å²) < 4.78 is 25.7. The highest BCUT2D eigenvalue weighted by Crippen LogP contribution is 2.21. The Kier molecular flexibility index (Phi) is 14.3. The van der Waals surface area contributed by atoms with E-state index in [4.69, 9.17) is 4.79 Å². The molecule has 0 bridgehead atoms. The molecule has 3 aromatic rings. The first-order valence-electron chi connectivity index (χ1n) is 12.7. The third-order valence-electron chi connectivity index (χ3n) is 5.41. The Morgan fingerprint density at radius 3 is 2.06 bits per heavy atom. The smallest absolute Gasteiger partial charge is 0.206 e. The number of rotatable bonds is 5. The van der Waals surface area contributed by atoms with E-state index in [1.807, 2.05) is 29.9 Å². The van der Waals surface area contributed by atoms with Crippen LogP contribution in [0.25, 0.3) is 5.65 Å². The molecule has 0 aliphatic carbocycles. The van der Waals surface area contributed by atoms with Gasteiger partial charge in [-0.15, -0.1) is 0 Å². The first-order chi connectivity index (χ1) is 17.1. The van der Waals surface area contributed by atoms with Gasteiger partial charge in [0.1, 0.15) is 17.5 Å². The molecule has 0 atom stereocenters. The average molecular weight is 504 g/mol. The Hall–Kier alpha value is -3.03. The number of carbonyl (C=O) groups excluding carboxylic acids is 1. The van der Waals surface area contributed by atoms with Crippen LogP contribution in [0.3, 0.4) is 0 Å². The van der Waals surface area contributed by atoms with Crippen LogP contribution in [-0.2, 0) is 4.79 Å². The van der Waals surface area contributed by atoms with E-state index in [1.54, 1.807) is 7.05 Å². The van der Waals surface area contributed by atoms with Crippen LogP contribution in [-0.4, -0.2) is 41.1 Å². The van der Waals surface area contributed by atoms with Crippen LogP contribution in [0.2, 0.25) is 0 Å². The van der Waals surface area contributed by atoms with E-state index in [1.165, 1.54) is 38.5 Å². The molecule has 1 aliphatic rings. The van der Waals surface area contributed by atoms with Crippen LogP contribution >= 0.6 is 0 Å². The lowest BCUT2D eigenvalue weighted by Crippen LogP contribution is -2.19. The van der Waals surface area contributed by atoms with Crippen molar-refractivity contribution in [2.75, 3.05) is 25.0 Å². The third-order valence-corrected chi connectivity index (χ3v) is 5.41. The molecule has 6 nitrogen and oxygen atoms in total. The predicted molar refractivity (Wildman–Crippen MR) is 144 cm³/mol. The van der Waals surface area contributed by atoms with Gasteiger partial charge in [0.05, 0.1) is 6.20 Å². The van der Waals surface area contributed by atoms with E-state index in [-0.39, 0.29) is 0 Å². The summed E-state index contributed by atoms with van der Waals surface area (Å²) in [4.78, 5) is 16.0. The molecule has 8 heteroatoms. The summed E-state index contributed by atoms with van der Waals surface area (Å²) in [7, 11) is 1.56. The highest BCUT2D eigenvalue weighted by atomic mass is 19.1. The first kappa shape index (κ1) is 31.0. The van der Waals surface area contributed by atoms with E-state index >= 15 is 0 Å². The maximum Gasteiger partial charge on any atom is 0.206 e. The highest BCUT2D eigenvalue weighted by Gasteiger charge is 2.14. The second-order valence-corrected chi connectivity index (χ2v) is 9.94. The van der Waals surface area contributed by atoms with Crippen LogP contribution < -0.4 is 10.2 Å². The molecule has 2 aromatic heterocycles. The fraction of sp³-hybridized carbons (Fsp3) is 0.536. The molecule has 1 aliphatic heterocycles. The van der Waals surface area contributed by atoms with Crippen molar-refractivity contribution in [1.29, 1.82) is 0 Å². The topological polar surface area (TPSA) is 62.5 Å². The number of benzene rings is 1. The summed E-state index contributed by atoms with van der Waals surface area (Å²) in [5, 5.41) is 6.47. The predicted octanol–water partition coefficient (Wildman–Crippen LogP) is 6.58. The molecule has 0 spiro atoms. The molecule has 36 heavy (non-hydrogen) atoms. The molecule has 1 fully saturated rings. The fourth-order valence-corrected chi connectivity index (χ4v) is 3.43. The van der Waals surface area contributed by atoms with Crippen LogP contribution in [0.4, 0.5) is 14.6 Å². The number of carbonyl (C=O) groups is 1. The maximum absolute atomic E-state index is 11.9. The average Bonchev–Trinajstić information content (AvgIpc) is 3.52. The van der Waals surface area contributed by atoms with Gasteiger partial charge in [-0.3, -0.25) is 4.79 Å². The Bertz CT molecular complexity index is 972. The number of nitrogens with one attached hydrogen (secondary N) is 1. The normalized spacial score (nSPS) is 12.5. The van der Waals surface area contributed by atoms with Gasteiger partial charge >= 0.3 is 0 Å². The van der Waals surface area contributed by atoms with E-state index in [0.717, 1.165) is 54.4 Å². The fourth-order valence-electron chi connectivity index (χ4n) is 3.43. The van der Waals surface area contributed by atoms with Gasteiger partial charge in [0.15, 0.2) is 5.65 Å². The summed E-state index contributed by atoms with van der Waals surface area (Å²) in [6.07, 6.45) is 12.6. The van der Waals surface area contributed by atoms with Gasteiger partial charge in [0.2, 0.25) is 6.41 Å². The molecule has 1 amide bonds. The minimum atomic E-state index is -0.411. The zero-order valence-corrected chi connectivity index (χ0v) is 22.7. The molecule has 0 radical (unpaired) electrons. The molecule has 0 unspecified atom stereocenters. The van der Waals surface area contributed by atoms with Gasteiger partial charge in [-0.2, -0.15) is 5.10 Å². The van der Waals surface area contributed by atoms with Crippen molar-refractivity contribution < 1.29 is 13.6 Å². The summed E-state index contributed by atoms with van der Waals surface area (Å²) in [6.45, 7) is 13.5. The summed E-state index contributed by atoms with van der Waals surface area (Å²) in [6, 6.07) is 6.36. The van der Waals surface area contributed by atoms with E-state index in [2.05, 4.69) is 48.0 Å².